The van der Waals surface area contributed by atoms with E-state index in [1.165, 1.54) is 6.33 Å². The van der Waals surface area contributed by atoms with Crippen molar-refractivity contribution in [2.75, 3.05) is 5.75 Å². The van der Waals surface area contributed by atoms with Gasteiger partial charge >= 0.3 is 0 Å². The number of hydrogen-bond acceptors (Lipinski definition) is 4. The molecule has 0 aliphatic carbocycles. The number of aromatic nitrogens is 2. The molecule has 0 radical (unpaired) electrons. The van der Waals surface area contributed by atoms with E-state index >= 15 is 0 Å². The summed E-state index contributed by atoms with van der Waals surface area (Å²) in [7, 11) is 0. The van der Waals surface area contributed by atoms with Crippen LogP contribution >= 0.6 is 12.6 Å². The molecular formula is C14H12N4S. The van der Waals surface area contributed by atoms with Crippen molar-refractivity contribution in [3.8, 4) is 12.1 Å². The average molecular weight is 268 g/mol. The van der Waals surface area contributed by atoms with Crippen molar-refractivity contribution in [1.82, 2.24) is 9.55 Å². The molecule has 4 nitrogen and oxygen atoms in total. The number of hydrogen-bond donors (Lipinski definition) is 1. The smallest absolute Gasteiger partial charge is 0.176 e. The number of benzene rings is 1. The topological polar surface area (TPSA) is 65.4 Å². The van der Waals surface area contributed by atoms with Crippen LogP contribution in [0.5, 0.6) is 0 Å². The number of thiol groups is 1. The van der Waals surface area contributed by atoms with Gasteiger partial charge < -0.3 is 4.57 Å². The maximum Gasteiger partial charge on any atom is 0.176 e. The summed E-state index contributed by atoms with van der Waals surface area (Å²) in [4.78, 5) is 3.94. The monoisotopic (exact) mass is 268 g/mol. The highest BCUT2D eigenvalue weighted by Gasteiger charge is 2.15. The van der Waals surface area contributed by atoms with E-state index in [-0.39, 0.29) is 11.6 Å². The van der Waals surface area contributed by atoms with Crippen LogP contribution in [-0.2, 0) is 6.54 Å². The fourth-order valence-electron chi connectivity index (χ4n) is 1.95. The lowest BCUT2D eigenvalue weighted by molar-refractivity contribution is 0.599. The lowest BCUT2D eigenvalue weighted by Crippen LogP contribution is -2.11. The predicted molar refractivity (Wildman–Crippen MR) is 74.7 cm³/mol. The second kappa shape index (κ2) is 6.08. The Bertz CT molecular complexity index is 634. The van der Waals surface area contributed by atoms with Crippen LogP contribution in [-0.4, -0.2) is 15.3 Å². The van der Waals surface area contributed by atoms with Crippen molar-refractivity contribution in [2.24, 2.45) is 0 Å². The van der Waals surface area contributed by atoms with Gasteiger partial charge in [0.15, 0.2) is 11.4 Å². The van der Waals surface area contributed by atoms with E-state index in [1.807, 2.05) is 42.5 Å². The van der Waals surface area contributed by atoms with Gasteiger partial charge in [-0.05, 0) is 11.3 Å². The molecule has 0 N–H and O–H groups in total. The Morgan fingerprint density at radius 2 is 1.95 bits per heavy atom. The van der Waals surface area contributed by atoms with Gasteiger partial charge in [-0.1, -0.05) is 30.3 Å². The lowest BCUT2D eigenvalue weighted by Gasteiger charge is -2.15. The highest BCUT2D eigenvalue weighted by atomic mass is 32.1. The van der Waals surface area contributed by atoms with E-state index in [2.05, 4.69) is 17.6 Å². The zero-order valence-electron chi connectivity index (χ0n) is 10.2. The normalized spacial score (nSPS) is 11.5. The summed E-state index contributed by atoms with van der Waals surface area (Å²) in [5.74, 6) is 0.840. The van der Waals surface area contributed by atoms with Crippen molar-refractivity contribution in [3.05, 3.63) is 53.6 Å². The second-order valence-corrected chi connectivity index (χ2v) is 4.47. The fraction of sp³-hybridized carbons (Fsp3) is 0.214. The van der Waals surface area contributed by atoms with Gasteiger partial charge in [0, 0.05) is 12.5 Å². The molecule has 1 aromatic heterocycles. The van der Waals surface area contributed by atoms with Crippen LogP contribution in [0.1, 0.15) is 22.9 Å². The predicted octanol–water partition coefficient (Wildman–Crippen LogP) is 2.34. The number of imidazole rings is 1. The Hall–Kier alpha value is -2.24. The Morgan fingerprint density at radius 3 is 2.53 bits per heavy atom. The van der Waals surface area contributed by atoms with E-state index in [0.29, 0.717) is 18.0 Å². The largest absolute Gasteiger partial charge is 0.321 e. The number of nitriles is 2. The lowest BCUT2D eigenvalue weighted by atomic mass is 10.0. The molecule has 1 heterocycles. The SMILES string of the molecule is N#Cc1ncn(CC(CS)c2ccccc2)c1C#N. The zero-order valence-corrected chi connectivity index (χ0v) is 11.1. The molecule has 94 valence electrons. The minimum atomic E-state index is 0.175. The summed E-state index contributed by atoms with van der Waals surface area (Å²) in [5, 5.41) is 18.0. The van der Waals surface area contributed by atoms with Crippen LogP contribution in [0.4, 0.5) is 0 Å². The molecule has 0 fully saturated rings. The molecule has 19 heavy (non-hydrogen) atoms. The molecule has 0 spiro atoms. The van der Waals surface area contributed by atoms with Crippen molar-refractivity contribution >= 4 is 12.6 Å². The maximum absolute atomic E-state index is 9.09. The molecule has 0 saturated carbocycles. The average Bonchev–Trinajstić information content (AvgIpc) is 2.87. The summed E-state index contributed by atoms with van der Waals surface area (Å²) < 4.78 is 1.71. The third kappa shape index (κ3) is 2.78. The molecule has 0 saturated heterocycles. The first-order valence-electron chi connectivity index (χ1n) is 5.81. The maximum atomic E-state index is 9.09. The van der Waals surface area contributed by atoms with Crippen molar-refractivity contribution in [1.29, 1.82) is 10.5 Å². The standard InChI is InChI=1S/C14H12N4S/c15-6-13-14(7-16)18(10-17-13)8-12(9-19)11-4-2-1-3-5-11/h1-5,10,12,19H,8-9H2. The van der Waals surface area contributed by atoms with Gasteiger partial charge in [0.05, 0.1) is 6.33 Å². The molecule has 0 aliphatic rings. The summed E-state index contributed by atoms with van der Waals surface area (Å²) in [6, 6.07) is 13.9. The molecule has 5 heteroatoms. The third-order valence-electron chi connectivity index (χ3n) is 2.96. The Labute approximate surface area is 117 Å². The van der Waals surface area contributed by atoms with Crippen LogP contribution < -0.4 is 0 Å². The summed E-state index contributed by atoms with van der Waals surface area (Å²) in [6.07, 6.45) is 1.54. The number of rotatable bonds is 4. The summed E-state index contributed by atoms with van der Waals surface area (Å²) >= 11 is 4.37. The van der Waals surface area contributed by atoms with Gasteiger partial charge in [-0.15, -0.1) is 0 Å². The minimum absolute atomic E-state index is 0.175. The van der Waals surface area contributed by atoms with Crippen molar-refractivity contribution in [2.45, 2.75) is 12.5 Å². The summed E-state index contributed by atoms with van der Waals surface area (Å²) in [6.45, 7) is 0.588. The first kappa shape index (κ1) is 13.2. The van der Waals surface area contributed by atoms with Crippen molar-refractivity contribution in [3.63, 3.8) is 0 Å². The quantitative estimate of drug-likeness (QED) is 0.865. The molecule has 0 bridgehead atoms. The van der Waals surface area contributed by atoms with Gasteiger partial charge in [0.2, 0.25) is 0 Å². The molecule has 1 aromatic carbocycles. The van der Waals surface area contributed by atoms with Gasteiger partial charge in [0.25, 0.3) is 0 Å². The van der Waals surface area contributed by atoms with E-state index in [9.17, 15) is 0 Å². The van der Waals surface area contributed by atoms with E-state index < -0.39 is 0 Å². The highest BCUT2D eigenvalue weighted by molar-refractivity contribution is 7.80. The van der Waals surface area contributed by atoms with Crippen LogP contribution in [0.15, 0.2) is 36.7 Å². The molecule has 0 amide bonds. The van der Waals surface area contributed by atoms with E-state index in [0.717, 1.165) is 5.56 Å². The summed E-state index contributed by atoms with van der Waals surface area (Å²) in [5.41, 5.74) is 1.65. The first-order chi connectivity index (χ1) is 9.30. The van der Waals surface area contributed by atoms with E-state index in [1.54, 1.807) is 4.57 Å². The third-order valence-corrected chi connectivity index (χ3v) is 3.40. The van der Waals surface area contributed by atoms with Crippen LogP contribution in [0, 0.1) is 22.7 Å². The van der Waals surface area contributed by atoms with Crippen LogP contribution in [0.3, 0.4) is 0 Å². The number of nitrogens with zero attached hydrogens (tertiary/aromatic N) is 4. The highest BCUT2D eigenvalue weighted by Crippen LogP contribution is 2.20. The second-order valence-electron chi connectivity index (χ2n) is 4.11. The Balaban J connectivity index is 2.28. The minimum Gasteiger partial charge on any atom is -0.321 e. The van der Waals surface area contributed by atoms with Crippen LogP contribution in [0.2, 0.25) is 0 Å². The van der Waals surface area contributed by atoms with Gasteiger partial charge in [0.1, 0.15) is 12.1 Å². The van der Waals surface area contributed by atoms with Gasteiger partial charge in [-0.2, -0.15) is 23.2 Å². The van der Waals surface area contributed by atoms with Gasteiger partial charge in [-0.25, -0.2) is 4.98 Å². The van der Waals surface area contributed by atoms with Gasteiger partial charge in [-0.3, -0.25) is 0 Å². The molecule has 0 aliphatic heterocycles. The molecular weight excluding hydrogens is 256 g/mol. The van der Waals surface area contributed by atoms with Crippen LogP contribution in [0.25, 0.3) is 0 Å². The molecule has 2 rings (SSSR count). The fourth-order valence-corrected chi connectivity index (χ4v) is 2.28. The molecule has 1 unspecified atom stereocenters. The molecule has 2 aromatic rings. The first-order valence-corrected chi connectivity index (χ1v) is 6.44. The zero-order chi connectivity index (χ0) is 13.7. The molecule has 1 atom stereocenters. The van der Waals surface area contributed by atoms with Crippen molar-refractivity contribution < 1.29 is 0 Å². The van der Waals surface area contributed by atoms with E-state index in [4.69, 9.17) is 10.5 Å². The Morgan fingerprint density at radius 1 is 1.21 bits per heavy atom. The Kier molecular flexibility index (Phi) is 4.22.